The summed E-state index contributed by atoms with van der Waals surface area (Å²) in [5.74, 6) is 0.757. The van der Waals surface area contributed by atoms with Gasteiger partial charge in [-0.25, -0.2) is 8.42 Å². The smallest absolute Gasteiger partial charge is 0.224 e. The largest absolute Gasteiger partial charge is 0.497 e. The molecule has 1 aliphatic heterocycles. The fraction of sp³-hybridized carbons (Fsp3) is 0.562. The minimum absolute atomic E-state index is 0.0865. The Bertz CT molecular complexity index is 652. The Balaban J connectivity index is 1.95. The van der Waals surface area contributed by atoms with E-state index in [-0.39, 0.29) is 24.1 Å². The van der Waals surface area contributed by atoms with E-state index in [1.54, 1.807) is 21.0 Å². The van der Waals surface area contributed by atoms with E-state index in [1.165, 1.54) is 0 Å². The minimum atomic E-state index is -3.07. The summed E-state index contributed by atoms with van der Waals surface area (Å²) in [4.78, 5) is 12.2. The van der Waals surface area contributed by atoms with Gasteiger partial charge in [-0.15, -0.1) is 0 Å². The van der Waals surface area contributed by atoms with Crippen LogP contribution in [0.3, 0.4) is 0 Å². The fourth-order valence-corrected chi connectivity index (χ4v) is 4.37. The molecule has 0 saturated carbocycles. The van der Waals surface area contributed by atoms with Crippen LogP contribution < -0.4 is 10.1 Å². The van der Waals surface area contributed by atoms with E-state index in [9.17, 15) is 13.2 Å². The third kappa shape index (κ3) is 3.80. The number of nitrogens with one attached hydrogen (secondary N) is 1. The molecule has 1 saturated heterocycles. The van der Waals surface area contributed by atoms with Gasteiger partial charge < -0.3 is 10.1 Å². The second-order valence-corrected chi connectivity index (χ2v) is 9.11. The maximum absolute atomic E-state index is 12.2. The van der Waals surface area contributed by atoms with Crippen molar-refractivity contribution in [1.29, 1.82) is 0 Å². The molecule has 1 N–H and O–H groups in total. The maximum Gasteiger partial charge on any atom is 0.224 e. The first kappa shape index (κ1) is 16.8. The fourth-order valence-electron chi connectivity index (χ4n) is 2.77. The first-order valence-corrected chi connectivity index (χ1v) is 9.03. The molecule has 1 aliphatic rings. The van der Waals surface area contributed by atoms with E-state index in [0.717, 1.165) is 11.3 Å². The van der Waals surface area contributed by atoms with Crippen molar-refractivity contribution in [2.24, 2.45) is 0 Å². The highest BCUT2D eigenvalue weighted by Crippen LogP contribution is 2.30. The lowest BCUT2D eigenvalue weighted by atomic mass is 9.99. The van der Waals surface area contributed by atoms with Gasteiger partial charge in [0.2, 0.25) is 5.91 Å². The summed E-state index contributed by atoms with van der Waals surface area (Å²) >= 11 is 0. The zero-order valence-electron chi connectivity index (χ0n) is 13.3. The molecule has 22 heavy (non-hydrogen) atoms. The monoisotopic (exact) mass is 325 g/mol. The lowest BCUT2D eigenvalue weighted by molar-refractivity contribution is -0.121. The molecule has 1 unspecified atom stereocenters. The predicted octanol–water partition coefficient (Wildman–Crippen LogP) is 1.71. The van der Waals surface area contributed by atoms with Gasteiger partial charge in [0.1, 0.15) is 5.75 Å². The quantitative estimate of drug-likeness (QED) is 0.915. The number of benzene rings is 1. The molecular weight excluding hydrogens is 302 g/mol. The van der Waals surface area contributed by atoms with Gasteiger partial charge in [-0.1, -0.05) is 12.1 Å². The van der Waals surface area contributed by atoms with E-state index in [1.807, 2.05) is 24.3 Å². The van der Waals surface area contributed by atoms with E-state index < -0.39 is 14.6 Å². The minimum Gasteiger partial charge on any atom is -0.497 e. The summed E-state index contributed by atoms with van der Waals surface area (Å²) < 4.78 is 28.3. The molecule has 122 valence electrons. The Labute approximate surface area is 132 Å². The van der Waals surface area contributed by atoms with E-state index in [0.29, 0.717) is 12.8 Å². The molecule has 1 aromatic carbocycles. The second-order valence-electron chi connectivity index (χ2n) is 6.36. The molecule has 1 aromatic rings. The molecule has 1 fully saturated rings. The third-order valence-electron chi connectivity index (χ3n) is 4.18. The molecule has 0 spiro atoms. The number of sulfone groups is 1. The normalized spacial score (nSPS) is 22.8. The third-order valence-corrected chi connectivity index (χ3v) is 6.80. The van der Waals surface area contributed by atoms with Crippen LogP contribution in [0, 0.1) is 0 Å². The molecule has 0 radical (unpaired) electrons. The van der Waals surface area contributed by atoms with Gasteiger partial charge in [0.25, 0.3) is 0 Å². The Kier molecular flexibility index (Phi) is 4.80. The Morgan fingerprint density at radius 2 is 2.14 bits per heavy atom. The molecular formula is C16H23NO4S. The van der Waals surface area contributed by atoms with Gasteiger partial charge in [0.05, 0.1) is 24.0 Å². The van der Waals surface area contributed by atoms with Gasteiger partial charge in [-0.3, -0.25) is 4.79 Å². The molecule has 2 rings (SSSR count). The van der Waals surface area contributed by atoms with Crippen LogP contribution in [0.5, 0.6) is 5.75 Å². The summed E-state index contributed by atoms with van der Waals surface area (Å²) in [5, 5.41) is 2.95. The summed E-state index contributed by atoms with van der Waals surface area (Å²) in [6.45, 7) is 3.45. The SMILES string of the molecule is COc1cccc(CC(=O)NC2CCS(=O)(=O)C(C)(C)C2)c1. The Morgan fingerprint density at radius 1 is 1.41 bits per heavy atom. The van der Waals surface area contributed by atoms with Crippen molar-refractivity contribution in [3.05, 3.63) is 29.8 Å². The lowest BCUT2D eigenvalue weighted by Gasteiger charge is -2.35. The predicted molar refractivity (Wildman–Crippen MR) is 85.7 cm³/mol. The van der Waals surface area contributed by atoms with Crippen LogP contribution in [0.1, 0.15) is 32.3 Å². The van der Waals surface area contributed by atoms with Crippen molar-refractivity contribution in [2.45, 2.75) is 43.9 Å². The number of rotatable bonds is 4. The van der Waals surface area contributed by atoms with Crippen LogP contribution in [0.2, 0.25) is 0 Å². The Hall–Kier alpha value is -1.56. The van der Waals surface area contributed by atoms with Gasteiger partial charge in [0.15, 0.2) is 9.84 Å². The van der Waals surface area contributed by atoms with Gasteiger partial charge >= 0.3 is 0 Å². The lowest BCUT2D eigenvalue weighted by Crippen LogP contribution is -2.49. The van der Waals surface area contributed by atoms with Crippen LogP contribution in [0.4, 0.5) is 0 Å². The highest BCUT2D eigenvalue weighted by atomic mass is 32.2. The average molecular weight is 325 g/mol. The van der Waals surface area contributed by atoms with Crippen molar-refractivity contribution in [3.63, 3.8) is 0 Å². The topological polar surface area (TPSA) is 72.5 Å². The van der Waals surface area contributed by atoms with Crippen LogP contribution in [0.25, 0.3) is 0 Å². The standard InChI is InChI=1S/C16H23NO4S/c1-16(2)11-13(7-8-22(16,19)20)17-15(18)10-12-5-4-6-14(9-12)21-3/h4-6,9,13H,7-8,10-11H2,1-3H3,(H,17,18). The highest BCUT2D eigenvalue weighted by Gasteiger charge is 2.41. The van der Waals surface area contributed by atoms with E-state index in [4.69, 9.17) is 4.74 Å². The van der Waals surface area contributed by atoms with Gasteiger partial charge in [-0.2, -0.15) is 0 Å². The molecule has 1 atom stereocenters. The van der Waals surface area contributed by atoms with Crippen LogP contribution in [-0.2, 0) is 21.1 Å². The molecule has 0 aliphatic carbocycles. The summed E-state index contributed by atoms with van der Waals surface area (Å²) in [7, 11) is -1.48. The van der Waals surface area contributed by atoms with E-state index in [2.05, 4.69) is 5.32 Å². The second kappa shape index (κ2) is 6.28. The molecule has 6 heteroatoms. The van der Waals surface area contributed by atoms with Crippen LogP contribution in [0.15, 0.2) is 24.3 Å². The maximum atomic E-state index is 12.2. The van der Waals surface area contributed by atoms with Gasteiger partial charge in [0, 0.05) is 6.04 Å². The van der Waals surface area contributed by atoms with Gasteiger partial charge in [-0.05, 0) is 44.4 Å². The first-order chi connectivity index (χ1) is 10.2. The number of carbonyl (C=O) groups is 1. The Morgan fingerprint density at radius 3 is 2.77 bits per heavy atom. The summed E-state index contributed by atoms with van der Waals surface area (Å²) in [6, 6.07) is 7.29. The van der Waals surface area contributed by atoms with Crippen LogP contribution in [-0.4, -0.2) is 38.0 Å². The zero-order chi connectivity index (χ0) is 16.4. The molecule has 5 nitrogen and oxygen atoms in total. The number of methoxy groups -OCH3 is 1. The average Bonchev–Trinajstić information content (AvgIpc) is 2.43. The molecule has 0 aromatic heterocycles. The molecule has 0 bridgehead atoms. The van der Waals surface area contributed by atoms with E-state index >= 15 is 0 Å². The van der Waals surface area contributed by atoms with Crippen molar-refractivity contribution < 1.29 is 17.9 Å². The summed E-state index contributed by atoms with van der Waals surface area (Å²) in [6.07, 6.45) is 1.20. The highest BCUT2D eigenvalue weighted by molar-refractivity contribution is 7.92. The molecule has 1 heterocycles. The van der Waals surface area contributed by atoms with Crippen molar-refractivity contribution >= 4 is 15.7 Å². The van der Waals surface area contributed by atoms with Crippen molar-refractivity contribution in [2.75, 3.05) is 12.9 Å². The number of amides is 1. The number of hydrogen-bond acceptors (Lipinski definition) is 4. The first-order valence-electron chi connectivity index (χ1n) is 7.38. The molecule has 1 amide bonds. The number of ether oxygens (including phenoxy) is 1. The van der Waals surface area contributed by atoms with Crippen molar-refractivity contribution in [1.82, 2.24) is 5.32 Å². The zero-order valence-corrected chi connectivity index (χ0v) is 14.1. The number of hydrogen-bond donors (Lipinski definition) is 1. The van der Waals surface area contributed by atoms with Crippen LogP contribution >= 0.6 is 0 Å². The number of carbonyl (C=O) groups excluding carboxylic acids is 1. The summed E-state index contributed by atoms with van der Waals surface area (Å²) in [5.41, 5.74) is 0.875. The van der Waals surface area contributed by atoms with Crippen molar-refractivity contribution in [3.8, 4) is 5.75 Å².